The largest absolute Gasteiger partial charge is 0.393 e. The van der Waals surface area contributed by atoms with Crippen molar-refractivity contribution in [3.8, 4) is 11.3 Å². The van der Waals surface area contributed by atoms with E-state index in [1.165, 1.54) is 11.3 Å². The van der Waals surface area contributed by atoms with Crippen molar-refractivity contribution >= 4 is 22.4 Å². The van der Waals surface area contributed by atoms with Gasteiger partial charge in [-0.2, -0.15) is 13.2 Å². The van der Waals surface area contributed by atoms with Crippen molar-refractivity contribution in [2.24, 2.45) is 5.92 Å². The van der Waals surface area contributed by atoms with Gasteiger partial charge in [0.1, 0.15) is 0 Å². The van der Waals surface area contributed by atoms with Crippen LogP contribution in [-0.4, -0.2) is 41.6 Å². The zero-order valence-electron chi connectivity index (χ0n) is 14.3. The first kappa shape index (κ1) is 18.8. The van der Waals surface area contributed by atoms with Gasteiger partial charge in [-0.25, -0.2) is 4.98 Å². The lowest BCUT2D eigenvalue weighted by molar-refractivity contribution is -0.186. The van der Waals surface area contributed by atoms with Crippen LogP contribution in [0.5, 0.6) is 0 Å². The van der Waals surface area contributed by atoms with Crippen molar-refractivity contribution in [1.29, 1.82) is 0 Å². The second-order valence-corrected chi connectivity index (χ2v) is 7.43. The Kier molecular flexibility index (Phi) is 5.62. The summed E-state index contributed by atoms with van der Waals surface area (Å²) in [4.78, 5) is 18.1. The van der Waals surface area contributed by atoms with Crippen LogP contribution < -0.4 is 5.32 Å². The van der Waals surface area contributed by atoms with Crippen molar-refractivity contribution in [3.63, 3.8) is 0 Å². The van der Waals surface area contributed by atoms with Gasteiger partial charge in [0.2, 0.25) is 5.91 Å². The molecular formula is C18H20F3N3OS. The summed E-state index contributed by atoms with van der Waals surface area (Å²) in [5.74, 6) is -1.69. The number of aryl methyl sites for hydroxylation is 1. The Hall–Kier alpha value is -1.93. The summed E-state index contributed by atoms with van der Waals surface area (Å²) < 4.78 is 38.6. The number of benzene rings is 1. The minimum absolute atomic E-state index is 0.0496. The number of hydrogen-bond donors (Lipinski definition) is 1. The van der Waals surface area contributed by atoms with Crippen LogP contribution in [-0.2, 0) is 4.79 Å². The van der Waals surface area contributed by atoms with Crippen molar-refractivity contribution in [1.82, 2.24) is 9.88 Å². The first-order valence-corrected chi connectivity index (χ1v) is 9.31. The molecule has 4 nitrogen and oxygen atoms in total. The Bertz CT molecular complexity index is 758. The molecule has 1 saturated heterocycles. The standard InChI is InChI=1S/C18H20F3N3OS/c1-12-4-6-13(7-5-12)15-11-26-17(22-15)23-16(25)10-24-8-2-3-14(9-24)18(19,20)21/h4-7,11,14H,2-3,8-10H2,1H3,(H,22,23,25). The van der Waals surface area contributed by atoms with Crippen LogP contribution in [0.15, 0.2) is 29.6 Å². The maximum Gasteiger partial charge on any atom is 0.393 e. The van der Waals surface area contributed by atoms with Gasteiger partial charge < -0.3 is 5.32 Å². The lowest BCUT2D eigenvalue weighted by Gasteiger charge is -2.33. The van der Waals surface area contributed by atoms with Crippen LogP contribution in [0.25, 0.3) is 11.3 Å². The van der Waals surface area contributed by atoms with Crippen LogP contribution in [0.1, 0.15) is 18.4 Å². The van der Waals surface area contributed by atoms with Crippen molar-refractivity contribution < 1.29 is 18.0 Å². The van der Waals surface area contributed by atoms with Gasteiger partial charge in [0.05, 0.1) is 18.2 Å². The van der Waals surface area contributed by atoms with Crippen LogP contribution in [0.3, 0.4) is 0 Å². The molecule has 8 heteroatoms. The average Bonchev–Trinajstić information content (AvgIpc) is 3.03. The first-order valence-electron chi connectivity index (χ1n) is 8.43. The molecule has 0 saturated carbocycles. The lowest BCUT2D eigenvalue weighted by Crippen LogP contribution is -2.44. The SMILES string of the molecule is Cc1ccc(-c2csc(NC(=O)CN3CCCC(C(F)(F)F)C3)n2)cc1. The Morgan fingerprint density at radius 2 is 2.08 bits per heavy atom. The molecule has 140 valence electrons. The van der Waals surface area contributed by atoms with E-state index in [4.69, 9.17) is 0 Å². The summed E-state index contributed by atoms with van der Waals surface area (Å²) in [6.07, 6.45) is -3.62. The number of hydrogen-bond acceptors (Lipinski definition) is 4. The van der Waals surface area contributed by atoms with Crippen molar-refractivity contribution in [2.75, 3.05) is 25.0 Å². The molecule has 0 spiro atoms. The number of amides is 1. The molecule has 1 fully saturated rings. The van der Waals surface area contributed by atoms with E-state index in [0.717, 1.165) is 16.8 Å². The molecule has 3 rings (SSSR count). The molecule has 2 aromatic rings. The summed E-state index contributed by atoms with van der Waals surface area (Å²) in [6.45, 7) is 2.34. The second kappa shape index (κ2) is 7.75. The van der Waals surface area contributed by atoms with E-state index < -0.39 is 12.1 Å². The molecule has 1 aromatic carbocycles. The molecule has 1 N–H and O–H groups in total. The van der Waals surface area contributed by atoms with Gasteiger partial charge in [-0.15, -0.1) is 11.3 Å². The zero-order chi connectivity index (χ0) is 18.7. The van der Waals surface area contributed by atoms with E-state index in [2.05, 4.69) is 10.3 Å². The third-order valence-corrected chi connectivity index (χ3v) is 5.19. The summed E-state index contributed by atoms with van der Waals surface area (Å²) in [7, 11) is 0. The number of nitrogens with zero attached hydrogens (tertiary/aromatic N) is 2. The highest BCUT2D eigenvalue weighted by Crippen LogP contribution is 2.33. The van der Waals surface area contributed by atoms with Crippen LogP contribution in [0.2, 0.25) is 0 Å². The van der Waals surface area contributed by atoms with E-state index in [1.54, 1.807) is 4.90 Å². The van der Waals surface area contributed by atoms with E-state index in [-0.39, 0.29) is 25.4 Å². The summed E-state index contributed by atoms with van der Waals surface area (Å²) >= 11 is 1.30. The molecule has 0 bridgehead atoms. The molecule has 1 aliphatic rings. The molecule has 0 aliphatic carbocycles. The number of halogens is 3. The van der Waals surface area contributed by atoms with Crippen LogP contribution in [0.4, 0.5) is 18.3 Å². The van der Waals surface area contributed by atoms with Crippen molar-refractivity contribution in [2.45, 2.75) is 25.9 Å². The highest BCUT2D eigenvalue weighted by Gasteiger charge is 2.41. The topological polar surface area (TPSA) is 45.2 Å². The number of anilines is 1. The van der Waals surface area contributed by atoms with Gasteiger partial charge in [-0.1, -0.05) is 29.8 Å². The molecule has 1 amide bonds. The fraction of sp³-hybridized carbons (Fsp3) is 0.444. The predicted octanol–water partition coefficient (Wildman–Crippen LogP) is 4.33. The number of alkyl halides is 3. The summed E-state index contributed by atoms with van der Waals surface area (Å²) in [5.41, 5.74) is 2.87. The average molecular weight is 383 g/mol. The summed E-state index contributed by atoms with van der Waals surface area (Å²) in [6, 6.07) is 7.89. The number of carbonyl (C=O) groups is 1. The second-order valence-electron chi connectivity index (χ2n) is 6.57. The van der Waals surface area contributed by atoms with Gasteiger partial charge in [0.25, 0.3) is 0 Å². The molecule has 1 aromatic heterocycles. The summed E-state index contributed by atoms with van der Waals surface area (Å²) in [5, 5.41) is 4.99. The fourth-order valence-corrected chi connectivity index (χ4v) is 3.75. The predicted molar refractivity (Wildman–Crippen MR) is 96.1 cm³/mol. The number of likely N-dealkylation sites (tertiary alicyclic amines) is 1. The minimum Gasteiger partial charge on any atom is -0.301 e. The number of aromatic nitrogens is 1. The molecule has 0 radical (unpaired) electrons. The third kappa shape index (κ3) is 4.82. The van der Waals surface area contributed by atoms with Crippen molar-refractivity contribution in [3.05, 3.63) is 35.2 Å². The number of rotatable bonds is 4. The molecule has 2 heterocycles. The monoisotopic (exact) mass is 383 g/mol. The molecule has 1 aliphatic heterocycles. The first-order chi connectivity index (χ1) is 12.3. The number of carbonyl (C=O) groups excluding carboxylic acids is 1. The Morgan fingerprint density at radius 3 is 2.77 bits per heavy atom. The Balaban J connectivity index is 1.56. The number of thiazole rings is 1. The Labute approximate surface area is 154 Å². The highest BCUT2D eigenvalue weighted by atomic mass is 32.1. The molecule has 1 atom stereocenters. The Morgan fingerprint density at radius 1 is 1.35 bits per heavy atom. The quantitative estimate of drug-likeness (QED) is 0.855. The minimum atomic E-state index is -4.20. The third-order valence-electron chi connectivity index (χ3n) is 4.43. The van der Waals surface area contributed by atoms with Gasteiger partial charge >= 0.3 is 6.18 Å². The number of piperidine rings is 1. The van der Waals surface area contributed by atoms with Crippen LogP contribution in [0, 0.1) is 12.8 Å². The molecule has 1 unspecified atom stereocenters. The molecule has 26 heavy (non-hydrogen) atoms. The maximum absolute atomic E-state index is 12.9. The van der Waals surface area contributed by atoms with E-state index >= 15 is 0 Å². The van der Waals surface area contributed by atoms with Gasteiger partial charge in [0, 0.05) is 17.5 Å². The lowest BCUT2D eigenvalue weighted by atomic mass is 9.97. The van der Waals surface area contributed by atoms with E-state index in [9.17, 15) is 18.0 Å². The fourth-order valence-electron chi connectivity index (χ4n) is 3.02. The van der Waals surface area contributed by atoms with Gasteiger partial charge in [0.15, 0.2) is 5.13 Å². The number of nitrogens with one attached hydrogen (secondary N) is 1. The van der Waals surface area contributed by atoms with E-state index in [0.29, 0.717) is 18.1 Å². The van der Waals surface area contributed by atoms with Crippen LogP contribution >= 0.6 is 11.3 Å². The zero-order valence-corrected chi connectivity index (χ0v) is 15.2. The highest BCUT2D eigenvalue weighted by molar-refractivity contribution is 7.14. The van der Waals surface area contributed by atoms with E-state index in [1.807, 2.05) is 36.6 Å². The normalized spacial score (nSPS) is 18.7. The van der Waals surface area contributed by atoms with Gasteiger partial charge in [-0.3, -0.25) is 9.69 Å². The van der Waals surface area contributed by atoms with Gasteiger partial charge in [-0.05, 0) is 26.3 Å². The molecular weight excluding hydrogens is 363 g/mol. The maximum atomic E-state index is 12.9. The smallest absolute Gasteiger partial charge is 0.301 e.